The monoisotopic (exact) mass is 462 g/mol. The molecule has 0 saturated carbocycles. The second kappa shape index (κ2) is 10.5. The first kappa shape index (κ1) is 23.5. The van der Waals surface area contributed by atoms with Crippen molar-refractivity contribution in [1.82, 2.24) is 10.6 Å². The number of alkyl carbamates (subject to hydrolysis) is 1. The maximum Gasteiger partial charge on any atom is 0.407 e. The Hall–Kier alpha value is -3.61. The topological polar surface area (TPSA) is 105 Å². The maximum absolute atomic E-state index is 12.7. The third-order valence-corrected chi connectivity index (χ3v) is 6.57. The molecule has 3 atom stereocenters. The second-order valence-electron chi connectivity index (χ2n) is 8.87. The molecule has 178 valence electrons. The van der Waals surface area contributed by atoms with Crippen LogP contribution in [0, 0.1) is 11.8 Å². The highest BCUT2D eigenvalue weighted by Gasteiger charge is 2.30. The van der Waals surface area contributed by atoms with E-state index in [1.807, 2.05) is 31.2 Å². The highest BCUT2D eigenvalue weighted by Crippen LogP contribution is 2.44. The Kier molecular flexibility index (Phi) is 7.30. The van der Waals surface area contributed by atoms with Gasteiger partial charge in [-0.15, -0.1) is 0 Å². The number of nitrogens with one attached hydrogen (secondary N) is 2. The number of carbonyl (C=O) groups is 3. The first-order chi connectivity index (χ1) is 16.5. The summed E-state index contributed by atoms with van der Waals surface area (Å²) >= 11 is 0. The van der Waals surface area contributed by atoms with E-state index in [1.54, 1.807) is 12.2 Å². The number of fused-ring (bicyclic) bond motifs is 3. The number of benzene rings is 2. The number of carbonyl (C=O) groups excluding carboxylic acids is 2. The van der Waals surface area contributed by atoms with Gasteiger partial charge in [-0.05, 0) is 35.1 Å². The van der Waals surface area contributed by atoms with Crippen LogP contribution in [0.2, 0.25) is 0 Å². The molecule has 34 heavy (non-hydrogen) atoms. The van der Waals surface area contributed by atoms with Gasteiger partial charge in [0.15, 0.2) is 0 Å². The molecule has 7 heteroatoms. The van der Waals surface area contributed by atoms with E-state index in [0.29, 0.717) is 12.8 Å². The second-order valence-corrected chi connectivity index (χ2v) is 8.87. The van der Waals surface area contributed by atoms with Crippen molar-refractivity contribution in [3.8, 4) is 11.1 Å². The van der Waals surface area contributed by atoms with E-state index in [2.05, 4.69) is 34.9 Å². The lowest BCUT2D eigenvalue weighted by atomic mass is 9.98. The zero-order chi connectivity index (χ0) is 24.1. The summed E-state index contributed by atoms with van der Waals surface area (Å²) in [7, 11) is 0. The van der Waals surface area contributed by atoms with Crippen molar-refractivity contribution in [2.75, 3.05) is 13.2 Å². The predicted octanol–water partition coefficient (Wildman–Crippen LogP) is 4.09. The highest BCUT2D eigenvalue weighted by molar-refractivity contribution is 5.81. The Morgan fingerprint density at radius 2 is 1.68 bits per heavy atom. The van der Waals surface area contributed by atoms with E-state index < -0.39 is 23.9 Å². The van der Waals surface area contributed by atoms with Crippen LogP contribution in [-0.4, -0.2) is 42.3 Å². The van der Waals surface area contributed by atoms with Crippen LogP contribution < -0.4 is 10.6 Å². The maximum atomic E-state index is 12.7. The summed E-state index contributed by atoms with van der Waals surface area (Å²) < 4.78 is 5.56. The van der Waals surface area contributed by atoms with Crippen molar-refractivity contribution < 1.29 is 24.2 Å². The van der Waals surface area contributed by atoms with E-state index in [-0.39, 0.29) is 31.0 Å². The van der Waals surface area contributed by atoms with Gasteiger partial charge in [-0.2, -0.15) is 0 Å². The Balaban J connectivity index is 1.30. The van der Waals surface area contributed by atoms with Gasteiger partial charge in [0.2, 0.25) is 5.91 Å². The molecule has 2 aliphatic rings. The molecule has 7 nitrogen and oxygen atoms in total. The van der Waals surface area contributed by atoms with Crippen molar-refractivity contribution in [2.24, 2.45) is 11.8 Å². The number of ether oxygens (including phenoxy) is 1. The Bertz CT molecular complexity index is 1050. The molecule has 0 heterocycles. The van der Waals surface area contributed by atoms with Crippen LogP contribution in [0.25, 0.3) is 11.1 Å². The highest BCUT2D eigenvalue weighted by atomic mass is 16.5. The molecule has 0 spiro atoms. The Morgan fingerprint density at radius 1 is 1.03 bits per heavy atom. The molecule has 4 rings (SSSR count). The third-order valence-electron chi connectivity index (χ3n) is 6.57. The molecule has 3 N–H and O–H groups in total. The fraction of sp³-hybridized carbons (Fsp3) is 0.370. The van der Waals surface area contributed by atoms with Crippen molar-refractivity contribution in [1.29, 1.82) is 0 Å². The average molecular weight is 463 g/mol. The SMILES string of the molecule is CCCC(CNC(=O)OCC1c2ccccc2-c2ccccc21)C(=O)NC1C=CC(C(=O)O)C1. The van der Waals surface area contributed by atoms with Gasteiger partial charge in [0.1, 0.15) is 6.61 Å². The summed E-state index contributed by atoms with van der Waals surface area (Å²) in [5.74, 6) is -2.10. The first-order valence-corrected chi connectivity index (χ1v) is 11.8. The van der Waals surface area contributed by atoms with E-state index in [0.717, 1.165) is 28.7 Å². The van der Waals surface area contributed by atoms with Crippen LogP contribution >= 0.6 is 0 Å². The summed E-state index contributed by atoms with van der Waals surface area (Å²) in [5.41, 5.74) is 4.61. The summed E-state index contributed by atoms with van der Waals surface area (Å²) in [4.78, 5) is 36.3. The van der Waals surface area contributed by atoms with Gasteiger partial charge in [-0.1, -0.05) is 74.0 Å². The minimum absolute atomic E-state index is 0.0239. The van der Waals surface area contributed by atoms with Gasteiger partial charge >= 0.3 is 12.1 Å². The molecule has 3 unspecified atom stereocenters. The van der Waals surface area contributed by atoms with Gasteiger partial charge in [0.05, 0.1) is 11.8 Å². The summed E-state index contributed by atoms with van der Waals surface area (Å²) in [5, 5.41) is 14.7. The fourth-order valence-electron chi connectivity index (χ4n) is 4.82. The summed E-state index contributed by atoms with van der Waals surface area (Å²) in [6.07, 6.45) is 4.51. The molecule has 2 aliphatic carbocycles. The molecule has 2 aromatic carbocycles. The first-order valence-electron chi connectivity index (χ1n) is 11.8. The van der Waals surface area contributed by atoms with Crippen LogP contribution in [-0.2, 0) is 14.3 Å². The molecule has 0 saturated heterocycles. The minimum Gasteiger partial charge on any atom is -0.481 e. The van der Waals surface area contributed by atoms with Crippen LogP contribution in [0.4, 0.5) is 4.79 Å². The molecule has 0 aliphatic heterocycles. The van der Waals surface area contributed by atoms with E-state index in [1.165, 1.54) is 0 Å². The van der Waals surface area contributed by atoms with E-state index in [4.69, 9.17) is 9.84 Å². The molecule has 2 amide bonds. The van der Waals surface area contributed by atoms with Crippen LogP contribution in [0.3, 0.4) is 0 Å². The van der Waals surface area contributed by atoms with Crippen molar-refractivity contribution >= 4 is 18.0 Å². The largest absolute Gasteiger partial charge is 0.481 e. The summed E-state index contributed by atoms with van der Waals surface area (Å²) in [6.45, 7) is 2.35. The number of hydrogen-bond acceptors (Lipinski definition) is 4. The lowest BCUT2D eigenvalue weighted by Gasteiger charge is -2.20. The zero-order valence-electron chi connectivity index (χ0n) is 19.2. The van der Waals surface area contributed by atoms with Crippen LogP contribution in [0.15, 0.2) is 60.7 Å². The molecule has 0 bridgehead atoms. The minimum atomic E-state index is -0.893. The molecule has 0 radical (unpaired) electrons. The molecule has 0 fully saturated rings. The number of rotatable bonds is 9. The summed E-state index contributed by atoms with van der Waals surface area (Å²) in [6, 6.07) is 16.0. The Labute approximate surface area is 199 Å². The van der Waals surface area contributed by atoms with Crippen LogP contribution in [0.1, 0.15) is 43.2 Å². The van der Waals surface area contributed by atoms with Crippen molar-refractivity contribution in [3.05, 3.63) is 71.8 Å². The lowest BCUT2D eigenvalue weighted by Crippen LogP contribution is -2.42. The number of carboxylic acid groups (broad SMARTS) is 1. The van der Waals surface area contributed by atoms with Gasteiger partial charge in [-0.3, -0.25) is 9.59 Å². The standard InChI is InChI=1S/C27H30N2O5/c1-2-7-18(25(30)29-19-13-12-17(14-19)26(31)32)15-28-27(33)34-16-24-22-10-5-3-8-20(22)21-9-4-6-11-23(21)24/h3-6,8-13,17-19,24H,2,7,14-16H2,1H3,(H,28,33)(H,29,30)(H,31,32). The van der Waals surface area contributed by atoms with Crippen molar-refractivity contribution in [2.45, 2.75) is 38.1 Å². The van der Waals surface area contributed by atoms with E-state index >= 15 is 0 Å². The van der Waals surface area contributed by atoms with Gasteiger partial charge < -0.3 is 20.5 Å². The number of hydrogen-bond donors (Lipinski definition) is 3. The molecular formula is C27H30N2O5. The smallest absolute Gasteiger partial charge is 0.407 e. The Morgan fingerprint density at radius 3 is 2.26 bits per heavy atom. The zero-order valence-corrected chi connectivity index (χ0v) is 19.2. The fourth-order valence-corrected chi connectivity index (χ4v) is 4.82. The third kappa shape index (κ3) is 5.14. The van der Waals surface area contributed by atoms with Crippen molar-refractivity contribution in [3.63, 3.8) is 0 Å². The lowest BCUT2D eigenvalue weighted by molar-refractivity contribution is -0.140. The van der Waals surface area contributed by atoms with Gasteiger partial charge in [0, 0.05) is 18.5 Å². The molecular weight excluding hydrogens is 432 g/mol. The molecule has 2 aromatic rings. The quantitative estimate of drug-likeness (QED) is 0.487. The van der Waals surface area contributed by atoms with Crippen LogP contribution in [0.5, 0.6) is 0 Å². The van der Waals surface area contributed by atoms with Gasteiger partial charge in [0.25, 0.3) is 0 Å². The normalized spacial score (nSPS) is 19.2. The van der Waals surface area contributed by atoms with E-state index in [9.17, 15) is 14.4 Å². The molecule has 0 aromatic heterocycles. The predicted molar refractivity (Wildman–Crippen MR) is 128 cm³/mol. The number of carboxylic acids is 1. The average Bonchev–Trinajstić information content (AvgIpc) is 3.43. The number of aliphatic carboxylic acids is 1. The van der Waals surface area contributed by atoms with Gasteiger partial charge in [-0.25, -0.2) is 4.79 Å². The number of amides is 2.